The summed E-state index contributed by atoms with van der Waals surface area (Å²) in [7, 11) is 0. The van der Waals surface area contributed by atoms with Crippen molar-refractivity contribution in [2.24, 2.45) is 0 Å². The predicted molar refractivity (Wildman–Crippen MR) is 68.3 cm³/mol. The third kappa shape index (κ3) is 2.09. The number of carbonyl (C=O) groups is 1. The van der Waals surface area contributed by atoms with E-state index >= 15 is 0 Å². The first-order chi connectivity index (χ1) is 8.69. The summed E-state index contributed by atoms with van der Waals surface area (Å²) in [6.07, 6.45) is 0.833. The van der Waals surface area contributed by atoms with Gasteiger partial charge in [-0.05, 0) is 24.5 Å². The molecule has 4 heteroatoms. The Kier molecular flexibility index (Phi) is 3.63. The Morgan fingerprint density at radius 2 is 2.33 bits per heavy atom. The summed E-state index contributed by atoms with van der Waals surface area (Å²) >= 11 is 0. The molecule has 1 aliphatic heterocycles. The van der Waals surface area contributed by atoms with E-state index in [4.69, 9.17) is 4.74 Å². The quantitative estimate of drug-likeness (QED) is 0.797. The van der Waals surface area contributed by atoms with Crippen LogP contribution in [0.2, 0.25) is 0 Å². The standard InChI is InChI=1S/C14H16N2O2/c1-3-11-6-4-5-10(2)14(11)16-12(7-15)8-18-9-13(16)17/h4-6,12H,3,8-9H2,1-2H3. The number of aryl methyl sites for hydroxylation is 2. The molecule has 1 aromatic rings. The molecule has 1 unspecified atom stereocenters. The Morgan fingerprint density at radius 1 is 1.56 bits per heavy atom. The van der Waals surface area contributed by atoms with Crippen molar-refractivity contribution in [3.8, 4) is 6.07 Å². The van der Waals surface area contributed by atoms with E-state index in [0.717, 1.165) is 23.2 Å². The highest BCUT2D eigenvalue weighted by Gasteiger charge is 2.31. The molecule has 94 valence electrons. The molecule has 0 aromatic heterocycles. The van der Waals surface area contributed by atoms with Crippen molar-refractivity contribution >= 4 is 11.6 Å². The molecule has 1 heterocycles. The van der Waals surface area contributed by atoms with Gasteiger partial charge in [-0.15, -0.1) is 0 Å². The zero-order valence-electron chi connectivity index (χ0n) is 10.6. The summed E-state index contributed by atoms with van der Waals surface area (Å²) in [6, 6.07) is 7.55. The Labute approximate surface area is 107 Å². The molecule has 0 spiro atoms. The molecule has 0 radical (unpaired) electrons. The SMILES string of the molecule is CCc1cccc(C)c1N1C(=O)COCC1C#N. The van der Waals surface area contributed by atoms with Crippen LogP contribution in [0.1, 0.15) is 18.1 Å². The second kappa shape index (κ2) is 5.19. The monoisotopic (exact) mass is 244 g/mol. The summed E-state index contributed by atoms with van der Waals surface area (Å²) in [5.74, 6) is -0.142. The molecule has 0 saturated carbocycles. The van der Waals surface area contributed by atoms with E-state index in [-0.39, 0.29) is 19.1 Å². The molecule has 0 aliphatic carbocycles. The largest absolute Gasteiger partial charge is 0.368 e. The van der Waals surface area contributed by atoms with Crippen LogP contribution in [0.5, 0.6) is 0 Å². The molecule has 2 rings (SSSR count). The summed E-state index contributed by atoms with van der Waals surface area (Å²) in [4.78, 5) is 13.6. The highest BCUT2D eigenvalue weighted by atomic mass is 16.5. The molecular weight excluding hydrogens is 228 g/mol. The molecule has 1 saturated heterocycles. The number of nitrogens with zero attached hydrogens (tertiary/aromatic N) is 2. The molecule has 1 atom stereocenters. The summed E-state index contributed by atoms with van der Waals surface area (Å²) in [5, 5.41) is 9.17. The van der Waals surface area contributed by atoms with Crippen LogP contribution >= 0.6 is 0 Å². The Hall–Kier alpha value is -1.86. The van der Waals surface area contributed by atoms with E-state index in [9.17, 15) is 10.1 Å². The first-order valence-electron chi connectivity index (χ1n) is 6.07. The summed E-state index contributed by atoms with van der Waals surface area (Å²) in [5.41, 5.74) is 2.98. The molecular formula is C14H16N2O2. The van der Waals surface area contributed by atoms with Gasteiger partial charge in [-0.1, -0.05) is 25.1 Å². The van der Waals surface area contributed by atoms with Crippen molar-refractivity contribution in [1.29, 1.82) is 5.26 Å². The van der Waals surface area contributed by atoms with E-state index in [0.29, 0.717) is 0 Å². The fourth-order valence-electron chi connectivity index (χ4n) is 2.30. The first-order valence-corrected chi connectivity index (χ1v) is 6.07. The van der Waals surface area contributed by atoms with Crippen LogP contribution in [-0.2, 0) is 16.0 Å². The third-order valence-electron chi connectivity index (χ3n) is 3.17. The van der Waals surface area contributed by atoms with Gasteiger partial charge in [-0.2, -0.15) is 5.26 Å². The van der Waals surface area contributed by atoms with Gasteiger partial charge in [0, 0.05) is 0 Å². The van der Waals surface area contributed by atoms with E-state index in [1.165, 1.54) is 0 Å². The molecule has 1 aliphatic rings. The van der Waals surface area contributed by atoms with Crippen molar-refractivity contribution < 1.29 is 9.53 Å². The Morgan fingerprint density at radius 3 is 3.00 bits per heavy atom. The first kappa shape index (κ1) is 12.6. The minimum absolute atomic E-state index is 0.0513. The minimum atomic E-state index is -0.530. The maximum absolute atomic E-state index is 12.0. The van der Waals surface area contributed by atoms with Crippen LogP contribution in [0.3, 0.4) is 0 Å². The topological polar surface area (TPSA) is 53.3 Å². The van der Waals surface area contributed by atoms with Gasteiger partial charge in [0.1, 0.15) is 12.6 Å². The second-order valence-corrected chi connectivity index (χ2v) is 4.36. The Bertz CT molecular complexity index is 505. The number of morpholine rings is 1. The van der Waals surface area contributed by atoms with Crippen LogP contribution in [0.4, 0.5) is 5.69 Å². The minimum Gasteiger partial charge on any atom is -0.368 e. The zero-order valence-corrected chi connectivity index (χ0v) is 10.6. The van der Waals surface area contributed by atoms with Gasteiger partial charge >= 0.3 is 0 Å². The lowest BCUT2D eigenvalue weighted by Crippen LogP contribution is -2.49. The number of nitriles is 1. The number of anilines is 1. The average molecular weight is 244 g/mol. The molecule has 1 fully saturated rings. The lowest BCUT2D eigenvalue weighted by atomic mass is 10.0. The fraction of sp³-hybridized carbons (Fsp3) is 0.429. The number of rotatable bonds is 2. The molecule has 4 nitrogen and oxygen atoms in total. The van der Waals surface area contributed by atoms with E-state index in [1.54, 1.807) is 4.90 Å². The summed E-state index contributed by atoms with van der Waals surface area (Å²) in [6.45, 7) is 4.34. The predicted octanol–water partition coefficient (Wildman–Crippen LogP) is 1.81. The van der Waals surface area contributed by atoms with Crippen LogP contribution in [0, 0.1) is 18.3 Å². The van der Waals surface area contributed by atoms with E-state index < -0.39 is 6.04 Å². The number of amides is 1. The molecule has 0 N–H and O–H groups in total. The Balaban J connectivity index is 2.51. The van der Waals surface area contributed by atoms with E-state index in [1.807, 2.05) is 32.0 Å². The molecule has 1 aromatic carbocycles. The van der Waals surface area contributed by atoms with Gasteiger partial charge < -0.3 is 4.74 Å². The number of benzene rings is 1. The lowest BCUT2D eigenvalue weighted by molar-refractivity contribution is -0.126. The summed E-state index contributed by atoms with van der Waals surface area (Å²) < 4.78 is 5.14. The highest BCUT2D eigenvalue weighted by molar-refractivity contribution is 5.97. The number of hydrogen-bond donors (Lipinski definition) is 0. The number of carbonyl (C=O) groups excluding carboxylic acids is 1. The molecule has 0 bridgehead atoms. The van der Waals surface area contributed by atoms with Gasteiger partial charge in [-0.3, -0.25) is 9.69 Å². The lowest BCUT2D eigenvalue weighted by Gasteiger charge is -2.33. The van der Waals surface area contributed by atoms with Gasteiger partial charge in [-0.25, -0.2) is 0 Å². The maximum atomic E-state index is 12.0. The van der Waals surface area contributed by atoms with Crippen LogP contribution in [0.25, 0.3) is 0 Å². The normalized spacial score (nSPS) is 19.7. The van der Waals surface area contributed by atoms with E-state index in [2.05, 4.69) is 6.07 Å². The molecule has 18 heavy (non-hydrogen) atoms. The van der Waals surface area contributed by atoms with Crippen molar-refractivity contribution in [3.05, 3.63) is 29.3 Å². The highest BCUT2D eigenvalue weighted by Crippen LogP contribution is 2.29. The van der Waals surface area contributed by atoms with Crippen molar-refractivity contribution in [1.82, 2.24) is 0 Å². The van der Waals surface area contributed by atoms with Gasteiger partial charge in [0.15, 0.2) is 0 Å². The van der Waals surface area contributed by atoms with Gasteiger partial charge in [0.2, 0.25) is 0 Å². The molecule has 1 amide bonds. The van der Waals surface area contributed by atoms with Gasteiger partial charge in [0.05, 0.1) is 18.4 Å². The number of hydrogen-bond acceptors (Lipinski definition) is 3. The second-order valence-electron chi connectivity index (χ2n) is 4.36. The van der Waals surface area contributed by atoms with Gasteiger partial charge in [0.25, 0.3) is 5.91 Å². The van der Waals surface area contributed by atoms with Crippen LogP contribution in [0.15, 0.2) is 18.2 Å². The van der Waals surface area contributed by atoms with Crippen molar-refractivity contribution in [3.63, 3.8) is 0 Å². The van der Waals surface area contributed by atoms with Crippen LogP contribution < -0.4 is 4.90 Å². The smallest absolute Gasteiger partial charge is 0.254 e. The number of para-hydroxylation sites is 1. The zero-order chi connectivity index (χ0) is 13.1. The fourth-order valence-corrected chi connectivity index (χ4v) is 2.30. The third-order valence-corrected chi connectivity index (χ3v) is 3.17. The van der Waals surface area contributed by atoms with Crippen molar-refractivity contribution in [2.75, 3.05) is 18.1 Å². The van der Waals surface area contributed by atoms with Crippen LogP contribution in [-0.4, -0.2) is 25.2 Å². The average Bonchev–Trinajstić information content (AvgIpc) is 2.38. The number of ether oxygens (including phenoxy) is 1. The van der Waals surface area contributed by atoms with Crippen molar-refractivity contribution in [2.45, 2.75) is 26.3 Å². The maximum Gasteiger partial charge on any atom is 0.254 e.